The van der Waals surface area contributed by atoms with Crippen molar-refractivity contribution < 1.29 is 66.6 Å². The zero-order valence-corrected chi connectivity index (χ0v) is 40.7. The largest absolute Gasteiger partial charge is 2.00 e. The summed E-state index contributed by atoms with van der Waals surface area (Å²) in [6.07, 6.45) is 11.7. The number of pyridine rings is 1. The molecule has 7 rings (SSSR count). The third-order valence-electron chi connectivity index (χ3n) is 7.54. The van der Waals surface area contributed by atoms with Crippen molar-refractivity contribution in [3.8, 4) is 11.1 Å². The molecule has 64 heavy (non-hydrogen) atoms. The summed E-state index contributed by atoms with van der Waals surface area (Å²) >= 11 is 0. The van der Waals surface area contributed by atoms with E-state index in [1.807, 2.05) is 18.3 Å². The molecular formula is C44H47B2F8N2O3PRuS3. The first kappa shape index (κ1) is 57.9. The molecule has 0 bridgehead atoms. The van der Waals surface area contributed by atoms with Crippen molar-refractivity contribution >= 4 is 98.0 Å². The average molecular weight is 1050 g/mol. The zero-order chi connectivity index (χ0) is 47.2. The van der Waals surface area contributed by atoms with E-state index in [1.165, 1.54) is 48.6 Å². The van der Waals surface area contributed by atoms with Gasteiger partial charge in [-0.3, -0.25) is 17.6 Å². The van der Waals surface area contributed by atoms with Crippen molar-refractivity contribution in [2.24, 2.45) is 0 Å². The summed E-state index contributed by atoms with van der Waals surface area (Å²) in [6.45, 7) is 0.651. The van der Waals surface area contributed by atoms with Crippen LogP contribution < -0.4 is 21.2 Å². The summed E-state index contributed by atoms with van der Waals surface area (Å²) < 4.78 is 107. The van der Waals surface area contributed by atoms with Crippen molar-refractivity contribution in [1.82, 2.24) is 4.98 Å². The Morgan fingerprint density at radius 2 is 0.844 bits per heavy atom. The molecule has 5 nitrogen and oxygen atoms in total. The van der Waals surface area contributed by atoms with E-state index in [9.17, 15) is 47.2 Å². The van der Waals surface area contributed by atoms with Gasteiger partial charge in [0.1, 0.15) is 0 Å². The van der Waals surface area contributed by atoms with Crippen molar-refractivity contribution in [2.75, 3.05) is 42.9 Å². The van der Waals surface area contributed by atoms with Crippen LogP contribution in [0.25, 0.3) is 32.7 Å². The van der Waals surface area contributed by atoms with Gasteiger partial charge in [-0.05, 0) is 63.6 Å². The number of benzene rings is 6. The summed E-state index contributed by atoms with van der Waals surface area (Å²) in [4.78, 5) is 4.57. The van der Waals surface area contributed by atoms with Gasteiger partial charge >= 0.3 is 34.0 Å². The fraction of sp³-hybridized carbons (Fsp3) is 0.159. The molecule has 0 aliphatic carbocycles. The maximum Gasteiger partial charge on any atom is 2.00 e. The maximum absolute atomic E-state index is 9.75. The Bertz CT molecular complexity index is 2420. The molecule has 344 valence electrons. The van der Waals surface area contributed by atoms with Crippen LogP contribution in [0, 0.1) is 0 Å². The fourth-order valence-electron chi connectivity index (χ4n) is 5.67. The van der Waals surface area contributed by atoms with E-state index in [-0.39, 0.29) is 19.5 Å². The second-order valence-electron chi connectivity index (χ2n) is 13.3. The van der Waals surface area contributed by atoms with E-state index in [0.717, 1.165) is 11.4 Å². The molecule has 0 fully saturated rings. The van der Waals surface area contributed by atoms with Crippen molar-refractivity contribution in [3.63, 3.8) is 0 Å². The minimum absolute atomic E-state index is 0. The summed E-state index contributed by atoms with van der Waals surface area (Å²) in [5, 5.41) is 12.8. The minimum atomic E-state index is -6.00. The summed E-state index contributed by atoms with van der Waals surface area (Å²) in [6, 6.07) is 54.7. The Labute approximate surface area is 391 Å². The maximum atomic E-state index is 9.75. The molecule has 0 spiro atoms. The van der Waals surface area contributed by atoms with Crippen LogP contribution in [0.3, 0.4) is 0 Å². The van der Waals surface area contributed by atoms with Gasteiger partial charge in [0.05, 0.1) is 12.2 Å². The number of hydrogen-bond donors (Lipinski definition) is 1. The van der Waals surface area contributed by atoms with Gasteiger partial charge in [0.2, 0.25) is 0 Å². The van der Waals surface area contributed by atoms with E-state index in [0.29, 0.717) is 6.54 Å². The zero-order valence-electron chi connectivity index (χ0n) is 35.6. The SMILES string of the molecule is CS(C)=O.CS(C)=O.CS(C)=O.F[B-](F)(F)F.F[B-](F)(F)F.[Ru+2].c1ccc(P(c2ccccc2)c2ccc3ccccc3c2-c2c(NCc3ccccn3)ccc3ccccc23)cc1. The molecule has 1 aromatic heterocycles. The van der Waals surface area contributed by atoms with Crippen LogP contribution in [0.15, 0.2) is 158 Å². The second kappa shape index (κ2) is 29.4. The van der Waals surface area contributed by atoms with Crippen LogP contribution in [-0.4, -0.2) is 69.7 Å². The number of aromatic nitrogens is 1. The van der Waals surface area contributed by atoms with Crippen molar-refractivity contribution in [2.45, 2.75) is 6.54 Å². The molecule has 0 saturated carbocycles. The number of rotatable bonds is 7. The predicted octanol–water partition coefficient (Wildman–Crippen LogP) is 11.0. The summed E-state index contributed by atoms with van der Waals surface area (Å²) in [7, 11) is -14.7. The molecule has 0 unspecified atom stereocenters. The first-order chi connectivity index (χ1) is 29.6. The molecule has 20 heteroatoms. The van der Waals surface area contributed by atoms with Crippen LogP contribution in [0.5, 0.6) is 0 Å². The Hall–Kier alpha value is -4.14. The van der Waals surface area contributed by atoms with Gasteiger partial charge in [-0.2, -0.15) is 0 Å². The number of anilines is 1. The first-order valence-electron chi connectivity index (χ1n) is 18.6. The van der Waals surface area contributed by atoms with Gasteiger partial charge in [-0.1, -0.05) is 133 Å². The van der Waals surface area contributed by atoms with E-state index in [4.69, 9.17) is 0 Å². The Balaban J connectivity index is 0.000000745. The molecule has 0 radical (unpaired) electrons. The van der Waals surface area contributed by atoms with Crippen LogP contribution in [-0.2, 0) is 58.4 Å². The number of nitrogens with one attached hydrogen (secondary N) is 1. The van der Waals surface area contributed by atoms with E-state index < -0.39 is 54.8 Å². The van der Waals surface area contributed by atoms with Crippen LogP contribution in [0.2, 0.25) is 0 Å². The predicted molar refractivity (Wildman–Crippen MR) is 258 cm³/mol. The van der Waals surface area contributed by atoms with Gasteiger partial charge in [-0.15, -0.1) is 0 Å². The fourth-order valence-corrected chi connectivity index (χ4v) is 8.14. The summed E-state index contributed by atoms with van der Waals surface area (Å²) in [5.41, 5.74) is 4.66. The molecule has 0 aliphatic rings. The van der Waals surface area contributed by atoms with E-state index >= 15 is 0 Å². The number of halogens is 8. The van der Waals surface area contributed by atoms with Crippen molar-refractivity contribution in [1.29, 1.82) is 0 Å². The average Bonchev–Trinajstić information content (AvgIpc) is 3.19. The standard InChI is InChI=1S/C38H29N2P.3C2H6OS.2BF4.Ru/c1-3-16-31(17-4-1)41(32-18-5-2-6-19-32)36-25-23-29-14-8-10-21-34(29)38(36)37-33-20-9-7-13-28(33)22-24-35(37)40-27-30-15-11-12-26-39-30;3*1-4(2)3;2*2-1(3,4)5;/h1-26,40H,27H2;3*1-2H3;;;/q;;;;2*-1;+2. The topological polar surface area (TPSA) is 76.1 Å². The molecule has 0 amide bonds. The smallest absolute Gasteiger partial charge is 0.418 e. The molecule has 1 heterocycles. The number of nitrogens with zero attached hydrogens (tertiary/aromatic N) is 1. The van der Waals surface area contributed by atoms with E-state index in [1.54, 1.807) is 37.5 Å². The van der Waals surface area contributed by atoms with Gasteiger partial charge in [0.25, 0.3) is 0 Å². The minimum Gasteiger partial charge on any atom is -0.418 e. The molecule has 7 aromatic rings. The molecule has 6 aromatic carbocycles. The van der Waals surface area contributed by atoms with Gasteiger partial charge in [0.15, 0.2) is 0 Å². The van der Waals surface area contributed by atoms with Gasteiger partial charge < -0.3 is 39.8 Å². The second-order valence-corrected chi connectivity index (χ2v) is 19.9. The Morgan fingerprint density at radius 3 is 1.25 bits per heavy atom. The quantitative estimate of drug-likeness (QED) is 0.0978. The number of hydrogen-bond acceptors (Lipinski definition) is 5. The number of fused-ring (bicyclic) bond motifs is 2. The van der Waals surface area contributed by atoms with E-state index in [2.05, 4.69) is 150 Å². The molecule has 0 saturated heterocycles. The Kier molecular flexibility index (Phi) is 26.6. The molecular weight excluding hydrogens is 1010 g/mol. The van der Waals surface area contributed by atoms with Gasteiger partial charge in [0, 0.05) is 92.9 Å². The third kappa shape index (κ3) is 23.7. The third-order valence-corrected chi connectivity index (χ3v) is 10.0. The Morgan fingerprint density at radius 1 is 0.484 bits per heavy atom. The van der Waals surface area contributed by atoms with Crippen LogP contribution in [0.1, 0.15) is 5.69 Å². The first-order valence-corrected chi connectivity index (χ1v) is 25.9. The molecule has 0 atom stereocenters. The normalized spacial score (nSPS) is 10.7. The van der Waals surface area contributed by atoms with Crippen molar-refractivity contribution in [3.05, 3.63) is 164 Å². The molecule has 1 N–H and O–H groups in total. The van der Waals surface area contributed by atoms with Gasteiger partial charge in [-0.25, -0.2) is 0 Å². The van der Waals surface area contributed by atoms with Crippen LogP contribution >= 0.6 is 7.92 Å². The van der Waals surface area contributed by atoms with Crippen LogP contribution in [0.4, 0.5) is 40.2 Å². The summed E-state index contributed by atoms with van der Waals surface area (Å²) in [5.74, 6) is 0. The monoisotopic (exact) mass is 1050 g/mol. The molecule has 0 aliphatic heterocycles.